The lowest BCUT2D eigenvalue weighted by Crippen LogP contribution is -2.40. The van der Waals surface area contributed by atoms with E-state index >= 15 is 0 Å². The van der Waals surface area contributed by atoms with Gasteiger partial charge in [0.1, 0.15) is 6.61 Å². The van der Waals surface area contributed by atoms with Gasteiger partial charge in [0.2, 0.25) is 0 Å². The number of amides is 1. The van der Waals surface area contributed by atoms with Gasteiger partial charge in [0.15, 0.2) is 0 Å². The van der Waals surface area contributed by atoms with Crippen molar-refractivity contribution in [2.75, 3.05) is 13.2 Å². The molecule has 0 saturated carbocycles. The van der Waals surface area contributed by atoms with E-state index in [0.717, 1.165) is 0 Å². The van der Waals surface area contributed by atoms with Crippen molar-refractivity contribution in [1.82, 2.24) is 4.90 Å². The van der Waals surface area contributed by atoms with E-state index in [1.54, 1.807) is 4.90 Å². The maximum Gasteiger partial charge on any atom is 0.410 e. The van der Waals surface area contributed by atoms with Gasteiger partial charge in [0.25, 0.3) is 0 Å². The van der Waals surface area contributed by atoms with E-state index in [1.165, 1.54) is 0 Å². The summed E-state index contributed by atoms with van der Waals surface area (Å²) in [6.45, 7) is 0.877. The first kappa shape index (κ1) is 7.61. The molecule has 2 atom stereocenters. The summed E-state index contributed by atoms with van der Waals surface area (Å²) < 4.78 is 4.82. The minimum absolute atomic E-state index is 0.146. The molecule has 1 N–H and O–H groups in total. The molecule has 0 unspecified atom stereocenters. The second-order valence-corrected chi connectivity index (χ2v) is 3.07. The van der Waals surface area contributed by atoms with Crippen LogP contribution in [0.2, 0.25) is 0 Å². The van der Waals surface area contributed by atoms with E-state index in [9.17, 15) is 9.90 Å². The number of rotatable bonds is 0. The first-order chi connectivity index (χ1) is 5.79. The van der Waals surface area contributed by atoms with Gasteiger partial charge >= 0.3 is 6.09 Å². The van der Waals surface area contributed by atoms with Gasteiger partial charge < -0.3 is 9.84 Å². The van der Waals surface area contributed by atoms with Gasteiger partial charge in [-0.1, -0.05) is 12.2 Å². The molecule has 0 aromatic heterocycles. The second kappa shape index (κ2) is 2.79. The van der Waals surface area contributed by atoms with Crippen LogP contribution in [0.1, 0.15) is 6.42 Å². The lowest BCUT2D eigenvalue weighted by molar-refractivity contribution is 0.0964. The van der Waals surface area contributed by atoms with E-state index < -0.39 is 6.10 Å². The third-order valence-corrected chi connectivity index (χ3v) is 2.30. The molecule has 2 aliphatic heterocycles. The van der Waals surface area contributed by atoms with Gasteiger partial charge in [0, 0.05) is 6.54 Å². The zero-order valence-corrected chi connectivity index (χ0v) is 6.64. The van der Waals surface area contributed by atoms with Crippen LogP contribution in [-0.2, 0) is 4.74 Å². The molecule has 1 fully saturated rings. The van der Waals surface area contributed by atoms with Crippen molar-refractivity contribution in [1.29, 1.82) is 0 Å². The minimum atomic E-state index is -0.477. The molecule has 66 valence electrons. The average molecular weight is 169 g/mol. The normalized spacial score (nSPS) is 34.4. The van der Waals surface area contributed by atoms with Gasteiger partial charge in [-0.2, -0.15) is 0 Å². The molecule has 1 saturated heterocycles. The van der Waals surface area contributed by atoms with E-state index in [0.29, 0.717) is 19.6 Å². The lowest BCUT2D eigenvalue weighted by Gasteiger charge is -2.21. The summed E-state index contributed by atoms with van der Waals surface area (Å²) in [5.41, 5.74) is 0. The van der Waals surface area contributed by atoms with E-state index in [2.05, 4.69) is 0 Å². The molecule has 0 aromatic rings. The number of fused-ring (bicyclic) bond motifs is 1. The molecule has 0 radical (unpaired) electrons. The number of ether oxygens (including phenoxy) is 1. The van der Waals surface area contributed by atoms with Crippen LogP contribution in [0, 0.1) is 0 Å². The maximum atomic E-state index is 11.1. The fraction of sp³-hybridized carbons (Fsp3) is 0.625. The number of aliphatic hydroxyl groups excluding tert-OH is 1. The Bertz CT molecular complexity index is 226. The summed E-state index contributed by atoms with van der Waals surface area (Å²) in [6.07, 6.45) is 3.60. The van der Waals surface area contributed by atoms with Crippen LogP contribution in [0.5, 0.6) is 0 Å². The predicted octanol–water partition coefficient (Wildman–Crippen LogP) is 0.128. The Morgan fingerprint density at radius 2 is 2.42 bits per heavy atom. The fourth-order valence-electron chi connectivity index (χ4n) is 1.57. The molecule has 0 aliphatic carbocycles. The first-order valence-electron chi connectivity index (χ1n) is 4.05. The van der Waals surface area contributed by atoms with Crippen molar-refractivity contribution in [3.63, 3.8) is 0 Å². The molecule has 2 heterocycles. The molecular formula is C8H11NO3. The predicted molar refractivity (Wildman–Crippen MR) is 41.6 cm³/mol. The topological polar surface area (TPSA) is 49.8 Å². The molecule has 0 aromatic carbocycles. The summed E-state index contributed by atoms with van der Waals surface area (Å²) >= 11 is 0. The van der Waals surface area contributed by atoms with Crippen LogP contribution in [0.25, 0.3) is 0 Å². The number of nitrogens with zero attached hydrogens (tertiary/aromatic N) is 1. The first-order valence-corrected chi connectivity index (χ1v) is 4.05. The highest BCUT2D eigenvalue weighted by Gasteiger charge is 2.37. The molecule has 0 bridgehead atoms. The highest BCUT2D eigenvalue weighted by molar-refractivity contribution is 5.70. The van der Waals surface area contributed by atoms with E-state index in [1.807, 2.05) is 12.2 Å². The summed E-state index contributed by atoms with van der Waals surface area (Å²) in [5, 5.41) is 9.55. The number of aliphatic hydroxyl groups is 1. The van der Waals surface area contributed by atoms with Crippen LogP contribution in [0.3, 0.4) is 0 Å². The van der Waals surface area contributed by atoms with Crippen LogP contribution in [0.15, 0.2) is 12.2 Å². The number of carbonyl (C=O) groups is 1. The molecular weight excluding hydrogens is 158 g/mol. The molecule has 12 heavy (non-hydrogen) atoms. The standard InChI is InChI=1S/C8H11NO3/c10-7-3-1-2-4-9-6(7)5-12-8(9)11/h1-2,6-7,10H,3-5H2/t6-,7+/m0/s1. The highest BCUT2D eigenvalue weighted by atomic mass is 16.6. The Morgan fingerprint density at radius 1 is 1.58 bits per heavy atom. The smallest absolute Gasteiger partial charge is 0.410 e. The monoisotopic (exact) mass is 169 g/mol. The summed E-state index contributed by atoms with van der Waals surface area (Å²) in [4.78, 5) is 12.6. The summed E-state index contributed by atoms with van der Waals surface area (Å²) in [6, 6.07) is -0.146. The molecule has 4 heteroatoms. The minimum Gasteiger partial charge on any atom is -0.447 e. The van der Waals surface area contributed by atoms with Crippen molar-refractivity contribution < 1.29 is 14.6 Å². The Kier molecular flexibility index (Phi) is 1.77. The molecule has 4 nitrogen and oxygen atoms in total. The Labute approximate surface area is 70.4 Å². The van der Waals surface area contributed by atoms with Crippen molar-refractivity contribution in [2.45, 2.75) is 18.6 Å². The SMILES string of the molecule is O=C1OC[C@H]2[C@H](O)CC=CCN12. The van der Waals surface area contributed by atoms with Gasteiger partial charge in [-0.25, -0.2) is 4.79 Å². The Hall–Kier alpha value is -1.03. The van der Waals surface area contributed by atoms with Crippen molar-refractivity contribution >= 4 is 6.09 Å². The number of cyclic esters (lactones) is 1. The lowest BCUT2D eigenvalue weighted by atomic mass is 10.1. The highest BCUT2D eigenvalue weighted by Crippen LogP contribution is 2.19. The van der Waals surface area contributed by atoms with Crippen molar-refractivity contribution in [2.24, 2.45) is 0 Å². The average Bonchev–Trinajstić information content (AvgIpc) is 2.30. The van der Waals surface area contributed by atoms with Crippen molar-refractivity contribution in [3.8, 4) is 0 Å². The Balaban J connectivity index is 2.18. The zero-order chi connectivity index (χ0) is 8.55. The van der Waals surface area contributed by atoms with Crippen LogP contribution < -0.4 is 0 Å². The Morgan fingerprint density at radius 3 is 3.25 bits per heavy atom. The van der Waals surface area contributed by atoms with Gasteiger partial charge in [-0.05, 0) is 6.42 Å². The number of hydrogen-bond donors (Lipinski definition) is 1. The molecule has 1 amide bonds. The summed E-state index contributed by atoms with van der Waals surface area (Å²) in [5.74, 6) is 0. The van der Waals surface area contributed by atoms with Gasteiger partial charge in [-0.15, -0.1) is 0 Å². The zero-order valence-electron chi connectivity index (χ0n) is 6.64. The third-order valence-electron chi connectivity index (χ3n) is 2.30. The fourth-order valence-corrected chi connectivity index (χ4v) is 1.57. The quantitative estimate of drug-likeness (QED) is 0.524. The molecule has 2 aliphatic rings. The number of hydrogen-bond acceptors (Lipinski definition) is 3. The van der Waals surface area contributed by atoms with Crippen molar-refractivity contribution in [3.05, 3.63) is 12.2 Å². The molecule has 2 rings (SSSR count). The van der Waals surface area contributed by atoms with Crippen LogP contribution in [0.4, 0.5) is 4.79 Å². The van der Waals surface area contributed by atoms with Gasteiger partial charge in [-0.3, -0.25) is 4.90 Å². The second-order valence-electron chi connectivity index (χ2n) is 3.07. The van der Waals surface area contributed by atoms with Crippen LogP contribution >= 0.6 is 0 Å². The van der Waals surface area contributed by atoms with Gasteiger partial charge in [0.05, 0.1) is 12.1 Å². The van der Waals surface area contributed by atoms with E-state index in [-0.39, 0.29) is 12.1 Å². The van der Waals surface area contributed by atoms with Crippen LogP contribution in [-0.4, -0.2) is 41.4 Å². The molecule has 0 spiro atoms. The third kappa shape index (κ3) is 1.08. The maximum absolute atomic E-state index is 11.1. The number of carbonyl (C=O) groups excluding carboxylic acids is 1. The summed E-state index contributed by atoms with van der Waals surface area (Å²) in [7, 11) is 0. The largest absolute Gasteiger partial charge is 0.447 e. The van der Waals surface area contributed by atoms with E-state index in [4.69, 9.17) is 4.74 Å².